The molecule has 0 bridgehead atoms. The van der Waals surface area contributed by atoms with E-state index in [0.717, 1.165) is 47.0 Å². The SMILES string of the molecule is Cn1cc(CC(=O)NC[C@@H]2CCCN2c2nc3ccccc3o2)c2ccccc21. The van der Waals surface area contributed by atoms with Gasteiger partial charge in [-0.1, -0.05) is 30.3 Å². The third-order valence-electron chi connectivity index (χ3n) is 5.77. The van der Waals surface area contributed by atoms with Crippen LogP contribution in [0.1, 0.15) is 18.4 Å². The van der Waals surface area contributed by atoms with Gasteiger partial charge in [0.1, 0.15) is 5.52 Å². The van der Waals surface area contributed by atoms with Gasteiger partial charge >= 0.3 is 0 Å². The van der Waals surface area contributed by atoms with Gasteiger partial charge in [-0.2, -0.15) is 4.98 Å². The molecule has 4 aromatic rings. The molecule has 29 heavy (non-hydrogen) atoms. The topological polar surface area (TPSA) is 63.3 Å². The summed E-state index contributed by atoms with van der Waals surface area (Å²) >= 11 is 0. The van der Waals surface area contributed by atoms with E-state index in [1.54, 1.807) is 0 Å². The Kier molecular flexibility index (Phi) is 4.46. The van der Waals surface area contributed by atoms with Crippen molar-refractivity contribution < 1.29 is 9.21 Å². The Hall–Kier alpha value is -3.28. The Bertz CT molecular complexity index is 1140. The number of aromatic nitrogens is 2. The molecule has 1 N–H and O–H groups in total. The summed E-state index contributed by atoms with van der Waals surface area (Å²) in [5.74, 6) is 0.0470. The quantitative estimate of drug-likeness (QED) is 0.567. The number of fused-ring (bicyclic) bond motifs is 2. The molecule has 2 aromatic carbocycles. The molecule has 0 unspecified atom stereocenters. The number of oxazole rings is 1. The van der Waals surface area contributed by atoms with Gasteiger partial charge in [-0.15, -0.1) is 0 Å². The Balaban J connectivity index is 1.25. The van der Waals surface area contributed by atoms with Crippen LogP contribution in [0.5, 0.6) is 0 Å². The Morgan fingerprint density at radius 3 is 2.93 bits per heavy atom. The van der Waals surface area contributed by atoms with Crippen molar-refractivity contribution in [1.82, 2.24) is 14.9 Å². The number of hydrogen-bond acceptors (Lipinski definition) is 4. The molecule has 6 nitrogen and oxygen atoms in total. The first-order valence-electron chi connectivity index (χ1n) is 10.1. The van der Waals surface area contributed by atoms with E-state index in [0.29, 0.717) is 19.0 Å². The van der Waals surface area contributed by atoms with Crippen LogP contribution in [0.25, 0.3) is 22.0 Å². The van der Waals surface area contributed by atoms with Crippen LogP contribution < -0.4 is 10.2 Å². The number of carbonyl (C=O) groups excluding carboxylic acids is 1. The number of rotatable bonds is 5. The van der Waals surface area contributed by atoms with Gasteiger partial charge in [-0.3, -0.25) is 4.79 Å². The van der Waals surface area contributed by atoms with Gasteiger partial charge in [-0.25, -0.2) is 0 Å². The van der Waals surface area contributed by atoms with E-state index in [-0.39, 0.29) is 11.9 Å². The lowest BCUT2D eigenvalue weighted by Gasteiger charge is -2.23. The molecule has 2 aromatic heterocycles. The van der Waals surface area contributed by atoms with Crippen molar-refractivity contribution in [2.45, 2.75) is 25.3 Å². The first-order valence-corrected chi connectivity index (χ1v) is 10.1. The normalized spacial score (nSPS) is 16.7. The number of amides is 1. The first kappa shape index (κ1) is 17.8. The highest BCUT2D eigenvalue weighted by atomic mass is 16.4. The number of nitrogens with zero attached hydrogens (tertiary/aromatic N) is 3. The second-order valence-corrected chi connectivity index (χ2v) is 7.72. The number of nitrogens with one attached hydrogen (secondary N) is 1. The van der Waals surface area contributed by atoms with E-state index in [1.807, 2.05) is 49.6 Å². The summed E-state index contributed by atoms with van der Waals surface area (Å²) in [7, 11) is 2.01. The zero-order valence-electron chi connectivity index (χ0n) is 16.5. The van der Waals surface area contributed by atoms with E-state index >= 15 is 0 Å². The average Bonchev–Trinajstić information content (AvgIpc) is 3.44. The lowest BCUT2D eigenvalue weighted by atomic mass is 10.1. The highest BCUT2D eigenvalue weighted by Crippen LogP contribution is 2.28. The molecule has 0 radical (unpaired) electrons. The molecule has 0 saturated carbocycles. The molecular formula is C23H24N4O2. The van der Waals surface area contributed by atoms with E-state index in [9.17, 15) is 4.79 Å². The summed E-state index contributed by atoms with van der Waals surface area (Å²) in [6, 6.07) is 16.8. The van der Waals surface area contributed by atoms with Crippen LogP contribution >= 0.6 is 0 Å². The lowest BCUT2D eigenvalue weighted by Crippen LogP contribution is -2.40. The zero-order valence-corrected chi connectivity index (χ0v) is 16.5. The van der Waals surface area contributed by atoms with Crippen LogP contribution in [0.3, 0.4) is 0 Å². The summed E-state index contributed by atoms with van der Waals surface area (Å²) in [6.07, 6.45) is 4.53. The smallest absolute Gasteiger partial charge is 0.298 e. The standard InChI is InChI=1S/C23H24N4O2/c1-26-15-16(18-8-2-4-10-20(18)26)13-22(28)24-14-17-7-6-12-27(17)23-25-19-9-3-5-11-21(19)29-23/h2-5,8-11,15,17H,6-7,12-14H2,1H3,(H,24,28)/t17-/m0/s1. The second kappa shape index (κ2) is 7.28. The Morgan fingerprint density at radius 2 is 2.03 bits per heavy atom. The number of carbonyl (C=O) groups is 1. The summed E-state index contributed by atoms with van der Waals surface area (Å²) in [6.45, 7) is 1.50. The van der Waals surface area contributed by atoms with Crippen molar-refractivity contribution in [3.05, 3.63) is 60.3 Å². The van der Waals surface area contributed by atoms with Crippen LogP contribution in [0.2, 0.25) is 0 Å². The Labute approximate surface area is 169 Å². The van der Waals surface area contributed by atoms with Crippen LogP contribution in [0.4, 0.5) is 6.01 Å². The molecule has 1 saturated heterocycles. The fourth-order valence-electron chi connectivity index (χ4n) is 4.32. The predicted octanol–water partition coefficient (Wildman–Crippen LogP) is 3.65. The molecule has 1 aliphatic heterocycles. The second-order valence-electron chi connectivity index (χ2n) is 7.72. The maximum atomic E-state index is 12.6. The fraction of sp³-hybridized carbons (Fsp3) is 0.304. The highest BCUT2D eigenvalue weighted by Gasteiger charge is 2.28. The maximum absolute atomic E-state index is 12.6. The molecule has 0 spiro atoms. The van der Waals surface area contributed by atoms with Gasteiger partial charge in [0.25, 0.3) is 6.01 Å². The van der Waals surface area contributed by atoms with Crippen molar-refractivity contribution in [2.75, 3.05) is 18.0 Å². The third-order valence-corrected chi connectivity index (χ3v) is 5.77. The van der Waals surface area contributed by atoms with Crippen molar-refractivity contribution in [3.63, 3.8) is 0 Å². The highest BCUT2D eigenvalue weighted by molar-refractivity contribution is 5.89. The van der Waals surface area contributed by atoms with Gasteiger partial charge in [0.05, 0.1) is 12.5 Å². The van der Waals surface area contributed by atoms with Crippen LogP contribution in [0, 0.1) is 0 Å². The molecular weight excluding hydrogens is 364 g/mol. The van der Waals surface area contributed by atoms with Gasteiger partial charge in [0, 0.05) is 37.2 Å². The van der Waals surface area contributed by atoms with Crippen molar-refractivity contribution in [3.8, 4) is 0 Å². The zero-order chi connectivity index (χ0) is 19.8. The van der Waals surface area contributed by atoms with E-state index in [1.165, 1.54) is 0 Å². The fourth-order valence-corrected chi connectivity index (χ4v) is 4.32. The monoisotopic (exact) mass is 388 g/mol. The largest absolute Gasteiger partial charge is 0.423 e. The van der Waals surface area contributed by atoms with Gasteiger partial charge in [0.15, 0.2) is 5.58 Å². The molecule has 6 heteroatoms. The maximum Gasteiger partial charge on any atom is 0.298 e. The van der Waals surface area contributed by atoms with E-state index in [2.05, 4.69) is 31.9 Å². The van der Waals surface area contributed by atoms with E-state index in [4.69, 9.17) is 4.42 Å². The average molecular weight is 388 g/mol. The molecule has 5 rings (SSSR count). The molecule has 1 atom stereocenters. The third kappa shape index (κ3) is 3.35. The molecule has 1 aliphatic rings. The number of para-hydroxylation sites is 3. The summed E-state index contributed by atoms with van der Waals surface area (Å²) < 4.78 is 8.01. The van der Waals surface area contributed by atoms with Crippen molar-refractivity contribution in [2.24, 2.45) is 7.05 Å². The minimum atomic E-state index is 0.0470. The van der Waals surface area contributed by atoms with Crippen LogP contribution in [0.15, 0.2) is 59.1 Å². The molecule has 1 amide bonds. The summed E-state index contributed by atoms with van der Waals surface area (Å²) in [5.41, 5.74) is 3.87. The Morgan fingerprint density at radius 1 is 1.21 bits per heavy atom. The first-order chi connectivity index (χ1) is 14.2. The van der Waals surface area contributed by atoms with E-state index < -0.39 is 0 Å². The van der Waals surface area contributed by atoms with Crippen molar-refractivity contribution >= 4 is 33.9 Å². The molecule has 1 fully saturated rings. The summed E-state index contributed by atoms with van der Waals surface area (Å²) in [4.78, 5) is 19.4. The number of aryl methyl sites for hydroxylation is 1. The van der Waals surface area contributed by atoms with Crippen LogP contribution in [-0.2, 0) is 18.3 Å². The molecule has 148 valence electrons. The van der Waals surface area contributed by atoms with Crippen LogP contribution in [-0.4, -0.2) is 34.6 Å². The van der Waals surface area contributed by atoms with Gasteiger partial charge in [0.2, 0.25) is 5.91 Å². The minimum Gasteiger partial charge on any atom is -0.423 e. The number of hydrogen-bond donors (Lipinski definition) is 1. The minimum absolute atomic E-state index is 0.0470. The van der Waals surface area contributed by atoms with Gasteiger partial charge in [-0.05, 0) is 36.6 Å². The summed E-state index contributed by atoms with van der Waals surface area (Å²) in [5, 5.41) is 4.26. The lowest BCUT2D eigenvalue weighted by molar-refractivity contribution is -0.120. The molecule has 0 aliphatic carbocycles. The van der Waals surface area contributed by atoms with Crippen molar-refractivity contribution in [1.29, 1.82) is 0 Å². The predicted molar refractivity (Wildman–Crippen MR) is 114 cm³/mol. The van der Waals surface area contributed by atoms with Gasteiger partial charge < -0.3 is 19.2 Å². The number of benzene rings is 2. The number of anilines is 1. The molecule has 3 heterocycles.